The van der Waals surface area contributed by atoms with Gasteiger partial charge in [-0.3, -0.25) is 0 Å². The van der Waals surface area contributed by atoms with E-state index >= 15 is 0 Å². The largest absolute Gasteiger partial charge is 0.341 e. The summed E-state index contributed by atoms with van der Waals surface area (Å²) in [6.45, 7) is 1.91. The van der Waals surface area contributed by atoms with Crippen LogP contribution < -0.4 is 15.6 Å². The number of nitrogens with one attached hydrogen (secondary N) is 2. The smallest absolute Gasteiger partial charge is 0.250 e. The molecule has 148 valence electrons. The lowest BCUT2D eigenvalue weighted by Gasteiger charge is -2.26. The summed E-state index contributed by atoms with van der Waals surface area (Å²) in [5.41, 5.74) is 4.83. The SMILES string of the molecule is Brc1ccccc1/C=N/Nc1nc(Nc2ccccc2)nc(N2CCCCC2)n1. The van der Waals surface area contributed by atoms with E-state index in [0.717, 1.165) is 41.7 Å². The molecule has 4 rings (SSSR count). The molecule has 2 heterocycles. The van der Waals surface area contributed by atoms with Crippen molar-refractivity contribution in [1.29, 1.82) is 0 Å². The Bertz CT molecular complexity index is 972. The van der Waals surface area contributed by atoms with Crippen molar-refractivity contribution in [1.82, 2.24) is 15.0 Å². The van der Waals surface area contributed by atoms with Gasteiger partial charge in [0.25, 0.3) is 0 Å². The molecule has 2 N–H and O–H groups in total. The molecule has 0 atom stereocenters. The van der Waals surface area contributed by atoms with Crippen molar-refractivity contribution in [2.75, 3.05) is 28.7 Å². The van der Waals surface area contributed by atoms with Gasteiger partial charge in [0.15, 0.2) is 0 Å². The summed E-state index contributed by atoms with van der Waals surface area (Å²) in [5, 5.41) is 7.56. The van der Waals surface area contributed by atoms with E-state index in [1.54, 1.807) is 6.21 Å². The maximum Gasteiger partial charge on any atom is 0.250 e. The highest BCUT2D eigenvalue weighted by atomic mass is 79.9. The Balaban J connectivity index is 1.57. The standard InChI is InChI=1S/C21H22BrN7/c22-18-12-6-5-9-16(18)15-23-28-20-25-19(24-17-10-3-1-4-11-17)26-21(27-20)29-13-7-2-8-14-29/h1,3-6,9-12,15H,2,7-8,13-14H2,(H2,24,25,26,27,28)/b23-15+. The molecule has 0 spiro atoms. The van der Waals surface area contributed by atoms with Gasteiger partial charge in [-0.05, 0) is 37.5 Å². The van der Waals surface area contributed by atoms with E-state index in [-0.39, 0.29) is 0 Å². The molecule has 1 aliphatic heterocycles. The maximum atomic E-state index is 4.63. The molecule has 3 aromatic rings. The first kappa shape index (κ1) is 19.3. The van der Waals surface area contributed by atoms with Gasteiger partial charge in [0, 0.05) is 28.8 Å². The second-order valence-corrected chi connectivity index (χ2v) is 7.57. The van der Waals surface area contributed by atoms with Crippen LogP contribution in [0.3, 0.4) is 0 Å². The van der Waals surface area contributed by atoms with Crippen molar-refractivity contribution in [3.8, 4) is 0 Å². The van der Waals surface area contributed by atoms with Crippen LogP contribution in [0, 0.1) is 0 Å². The molecule has 1 saturated heterocycles. The first-order valence-corrected chi connectivity index (χ1v) is 10.4. The summed E-state index contributed by atoms with van der Waals surface area (Å²) in [6, 6.07) is 17.7. The third kappa shape index (κ3) is 5.29. The summed E-state index contributed by atoms with van der Waals surface area (Å²) in [6.07, 6.45) is 5.28. The number of piperidine rings is 1. The molecule has 1 fully saturated rings. The first-order chi connectivity index (χ1) is 14.3. The van der Waals surface area contributed by atoms with E-state index in [1.165, 1.54) is 6.42 Å². The van der Waals surface area contributed by atoms with Crippen molar-refractivity contribution >= 4 is 45.7 Å². The fourth-order valence-electron chi connectivity index (χ4n) is 3.10. The Morgan fingerprint density at radius 2 is 1.59 bits per heavy atom. The van der Waals surface area contributed by atoms with Crippen molar-refractivity contribution < 1.29 is 0 Å². The Morgan fingerprint density at radius 3 is 2.38 bits per heavy atom. The van der Waals surface area contributed by atoms with Crippen molar-refractivity contribution in [2.24, 2.45) is 5.10 Å². The van der Waals surface area contributed by atoms with E-state index in [2.05, 4.69) is 51.6 Å². The Morgan fingerprint density at radius 1 is 0.862 bits per heavy atom. The summed E-state index contributed by atoms with van der Waals surface area (Å²) < 4.78 is 0.974. The highest BCUT2D eigenvalue weighted by molar-refractivity contribution is 9.10. The van der Waals surface area contributed by atoms with Gasteiger partial charge in [0.05, 0.1) is 6.21 Å². The Labute approximate surface area is 178 Å². The monoisotopic (exact) mass is 451 g/mol. The Hall–Kier alpha value is -3.00. The van der Waals surface area contributed by atoms with Crippen LogP contribution in [0.5, 0.6) is 0 Å². The highest BCUT2D eigenvalue weighted by Gasteiger charge is 2.16. The topological polar surface area (TPSA) is 78.3 Å². The second kappa shape index (κ2) is 9.47. The molecule has 0 unspecified atom stereocenters. The van der Waals surface area contributed by atoms with Gasteiger partial charge in [0.2, 0.25) is 17.8 Å². The van der Waals surface area contributed by atoms with E-state index in [9.17, 15) is 0 Å². The predicted octanol–water partition coefficient (Wildman–Crippen LogP) is 4.81. The summed E-state index contributed by atoms with van der Waals surface area (Å²) in [7, 11) is 0. The highest BCUT2D eigenvalue weighted by Crippen LogP contribution is 2.21. The predicted molar refractivity (Wildman–Crippen MR) is 121 cm³/mol. The lowest BCUT2D eigenvalue weighted by molar-refractivity contribution is 0.568. The van der Waals surface area contributed by atoms with Crippen LogP contribution >= 0.6 is 15.9 Å². The van der Waals surface area contributed by atoms with Crippen LogP contribution in [0.2, 0.25) is 0 Å². The number of hydrogen-bond acceptors (Lipinski definition) is 7. The number of benzene rings is 2. The minimum atomic E-state index is 0.405. The van der Waals surface area contributed by atoms with Gasteiger partial charge >= 0.3 is 0 Å². The van der Waals surface area contributed by atoms with Crippen LogP contribution in [-0.2, 0) is 0 Å². The van der Waals surface area contributed by atoms with Gasteiger partial charge in [-0.15, -0.1) is 0 Å². The Kier molecular flexibility index (Phi) is 6.31. The molecular weight excluding hydrogens is 430 g/mol. The van der Waals surface area contributed by atoms with Crippen LogP contribution in [0.15, 0.2) is 64.2 Å². The number of hydrogen-bond donors (Lipinski definition) is 2. The molecule has 0 amide bonds. The molecule has 29 heavy (non-hydrogen) atoms. The van der Waals surface area contributed by atoms with E-state index in [1.807, 2.05) is 54.6 Å². The van der Waals surface area contributed by atoms with Gasteiger partial charge in [-0.2, -0.15) is 20.1 Å². The van der Waals surface area contributed by atoms with Crippen LogP contribution in [-0.4, -0.2) is 34.3 Å². The first-order valence-electron chi connectivity index (χ1n) is 9.65. The lowest BCUT2D eigenvalue weighted by atomic mass is 10.1. The zero-order valence-corrected chi connectivity index (χ0v) is 17.5. The molecule has 0 aliphatic carbocycles. The van der Waals surface area contributed by atoms with E-state index < -0.39 is 0 Å². The number of hydrazone groups is 1. The number of nitrogens with zero attached hydrogens (tertiary/aromatic N) is 5. The summed E-state index contributed by atoms with van der Waals surface area (Å²) in [4.78, 5) is 15.9. The average molecular weight is 452 g/mol. The van der Waals surface area contributed by atoms with Crippen molar-refractivity contribution in [3.63, 3.8) is 0 Å². The van der Waals surface area contributed by atoms with E-state index in [4.69, 9.17) is 0 Å². The molecule has 1 aromatic heterocycles. The van der Waals surface area contributed by atoms with Gasteiger partial charge in [-0.1, -0.05) is 52.3 Å². The van der Waals surface area contributed by atoms with Crippen molar-refractivity contribution in [3.05, 3.63) is 64.6 Å². The fraction of sp³-hybridized carbons (Fsp3) is 0.238. The minimum Gasteiger partial charge on any atom is -0.341 e. The quantitative estimate of drug-likeness (QED) is 0.413. The van der Waals surface area contributed by atoms with E-state index in [0.29, 0.717) is 17.8 Å². The van der Waals surface area contributed by atoms with Gasteiger partial charge in [-0.25, -0.2) is 5.43 Å². The number of rotatable bonds is 6. The maximum absolute atomic E-state index is 4.63. The normalized spacial score (nSPS) is 14.2. The summed E-state index contributed by atoms with van der Waals surface area (Å²) >= 11 is 3.52. The van der Waals surface area contributed by atoms with Gasteiger partial charge < -0.3 is 10.2 Å². The molecule has 0 saturated carbocycles. The van der Waals surface area contributed by atoms with Crippen molar-refractivity contribution in [2.45, 2.75) is 19.3 Å². The van der Waals surface area contributed by atoms with Gasteiger partial charge in [0.1, 0.15) is 0 Å². The molecule has 8 heteroatoms. The molecule has 0 bridgehead atoms. The fourth-order valence-corrected chi connectivity index (χ4v) is 3.48. The lowest BCUT2D eigenvalue weighted by Crippen LogP contribution is -2.31. The summed E-state index contributed by atoms with van der Waals surface area (Å²) in [5.74, 6) is 1.56. The molecule has 0 radical (unpaired) electrons. The minimum absolute atomic E-state index is 0.405. The number of halogens is 1. The number of aromatic nitrogens is 3. The third-order valence-corrected chi connectivity index (χ3v) is 5.29. The van der Waals surface area contributed by atoms with Crippen LogP contribution in [0.1, 0.15) is 24.8 Å². The molecule has 1 aliphatic rings. The number of anilines is 4. The number of para-hydroxylation sites is 1. The zero-order chi connectivity index (χ0) is 19.9. The van der Waals surface area contributed by atoms with Crippen LogP contribution in [0.4, 0.5) is 23.5 Å². The average Bonchev–Trinajstić information content (AvgIpc) is 2.76. The molecular formula is C21H22BrN7. The zero-order valence-electron chi connectivity index (χ0n) is 15.9. The van der Waals surface area contributed by atoms with Crippen LogP contribution in [0.25, 0.3) is 0 Å². The second-order valence-electron chi connectivity index (χ2n) is 6.71. The molecule has 2 aromatic carbocycles. The molecule has 7 nitrogen and oxygen atoms in total. The third-order valence-electron chi connectivity index (χ3n) is 4.57.